The van der Waals surface area contributed by atoms with Crippen LogP contribution in [0.2, 0.25) is 0 Å². The molecule has 0 aromatic heterocycles. The Labute approximate surface area is 109 Å². The van der Waals surface area contributed by atoms with Crippen LogP contribution >= 0.6 is 23.5 Å². The molecule has 96 valence electrons. The van der Waals surface area contributed by atoms with Gasteiger partial charge >= 0.3 is 0 Å². The van der Waals surface area contributed by atoms with E-state index in [1.807, 2.05) is 0 Å². The van der Waals surface area contributed by atoms with Crippen molar-refractivity contribution < 1.29 is 13.2 Å². The molecule has 1 N–H and O–H groups in total. The van der Waals surface area contributed by atoms with Crippen LogP contribution in [-0.4, -0.2) is 54.3 Å². The highest BCUT2D eigenvalue weighted by Crippen LogP contribution is 2.21. The lowest BCUT2D eigenvalue weighted by molar-refractivity contribution is -0.119. The number of carbonyl (C=O) groups is 1. The molecule has 8 heteroatoms. The first-order valence-electron chi connectivity index (χ1n) is 5.35. The zero-order chi connectivity index (χ0) is 12.3. The van der Waals surface area contributed by atoms with Crippen molar-refractivity contribution in [3.63, 3.8) is 0 Å². The molecule has 0 saturated carbocycles. The highest BCUT2D eigenvalue weighted by Gasteiger charge is 2.28. The van der Waals surface area contributed by atoms with E-state index in [2.05, 4.69) is 10.3 Å². The SMILES string of the molecule is O=C(CSC1=NCCS1)N[C@H]1CCS(=O)(=O)C1. The first-order chi connectivity index (χ1) is 8.05. The maximum absolute atomic E-state index is 11.6. The Kier molecular flexibility index (Phi) is 4.37. The lowest BCUT2D eigenvalue weighted by Gasteiger charge is -2.10. The van der Waals surface area contributed by atoms with E-state index in [0.29, 0.717) is 12.2 Å². The second-order valence-corrected chi connectivity index (χ2v) is 8.49. The van der Waals surface area contributed by atoms with Crippen molar-refractivity contribution in [1.82, 2.24) is 5.32 Å². The van der Waals surface area contributed by atoms with Crippen molar-refractivity contribution in [1.29, 1.82) is 0 Å². The fourth-order valence-electron chi connectivity index (χ4n) is 1.71. The third-order valence-electron chi connectivity index (χ3n) is 2.48. The van der Waals surface area contributed by atoms with Gasteiger partial charge in [0, 0.05) is 11.8 Å². The lowest BCUT2D eigenvalue weighted by Crippen LogP contribution is -2.36. The van der Waals surface area contributed by atoms with Gasteiger partial charge in [-0.25, -0.2) is 8.42 Å². The van der Waals surface area contributed by atoms with Gasteiger partial charge in [0.25, 0.3) is 0 Å². The van der Waals surface area contributed by atoms with Gasteiger partial charge < -0.3 is 5.32 Å². The second-order valence-electron chi connectivity index (χ2n) is 3.95. The van der Waals surface area contributed by atoms with E-state index >= 15 is 0 Å². The van der Waals surface area contributed by atoms with E-state index in [1.165, 1.54) is 11.8 Å². The summed E-state index contributed by atoms with van der Waals surface area (Å²) in [5, 5.41) is 2.76. The molecule has 0 unspecified atom stereocenters. The molecule has 0 radical (unpaired) electrons. The highest BCUT2D eigenvalue weighted by molar-refractivity contribution is 8.39. The molecule has 1 amide bonds. The summed E-state index contributed by atoms with van der Waals surface area (Å²) in [5.74, 6) is 1.48. The van der Waals surface area contributed by atoms with Crippen LogP contribution in [0.25, 0.3) is 0 Å². The summed E-state index contributed by atoms with van der Waals surface area (Å²) < 4.78 is 23.4. The van der Waals surface area contributed by atoms with Crippen LogP contribution in [0.5, 0.6) is 0 Å². The number of aliphatic imine (C=N–C) groups is 1. The van der Waals surface area contributed by atoms with Crippen molar-refractivity contribution in [3.8, 4) is 0 Å². The first-order valence-corrected chi connectivity index (χ1v) is 9.14. The van der Waals surface area contributed by atoms with Gasteiger partial charge in [0.05, 0.1) is 23.8 Å². The summed E-state index contributed by atoms with van der Waals surface area (Å²) in [6.45, 7) is 0.829. The minimum Gasteiger partial charge on any atom is -0.352 e. The first kappa shape index (κ1) is 13.2. The highest BCUT2D eigenvalue weighted by atomic mass is 32.2. The Morgan fingerprint density at radius 1 is 1.59 bits per heavy atom. The van der Waals surface area contributed by atoms with Crippen LogP contribution in [-0.2, 0) is 14.6 Å². The molecule has 1 saturated heterocycles. The van der Waals surface area contributed by atoms with E-state index < -0.39 is 9.84 Å². The number of sulfone groups is 1. The molecular weight excluding hydrogens is 280 g/mol. The third kappa shape index (κ3) is 4.18. The third-order valence-corrected chi connectivity index (χ3v) is 6.50. The molecule has 0 aliphatic carbocycles. The Morgan fingerprint density at radius 3 is 3.00 bits per heavy atom. The van der Waals surface area contributed by atoms with Crippen LogP contribution in [0.4, 0.5) is 0 Å². The minimum absolute atomic E-state index is 0.0824. The van der Waals surface area contributed by atoms with Gasteiger partial charge in [-0.15, -0.1) is 0 Å². The molecule has 0 aromatic rings. The molecule has 2 aliphatic rings. The lowest BCUT2D eigenvalue weighted by atomic mass is 10.3. The topological polar surface area (TPSA) is 75.6 Å². The van der Waals surface area contributed by atoms with E-state index in [1.54, 1.807) is 11.8 Å². The van der Waals surface area contributed by atoms with Crippen molar-refractivity contribution >= 4 is 43.6 Å². The largest absolute Gasteiger partial charge is 0.352 e. The van der Waals surface area contributed by atoms with Crippen LogP contribution in [0.15, 0.2) is 4.99 Å². The molecule has 0 spiro atoms. The Morgan fingerprint density at radius 2 is 2.41 bits per heavy atom. The van der Waals surface area contributed by atoms with Gasteiger partial charge in [0.2, 0.25) is 5.91 Å². The number of hydrogen-bond acceptors (Lipinski definition) is 6. The van der Waals surface area contributed by atoms with E-state index in [0.717, 1.165) is 16.7 Å². The average Bonchev–Trinajstić information content (AvgIpc) is 2.85. The monoisotopic (exact) mass is 294 g/mol. The minimum atomic E-state index is -2.92. The van der Waals surface area contributed by atoms with E-state index in [9.17, 15) is 13.2 Å². The molecule has 2 rings (SSSR count). The molecule has 17 heavy (non-hydrogen) atoms. The van der Waals surface area contributed by atoms with E-state index in [-0.39, 0.29) is 23.5 Å². The van der Waals surface area contributed by atoms with Crippen molar-refractivity contribution in [2.24, 2.45) is 4.99 Å². The van der Waals surface area contributed by atoms with Gasteiger partial charge in [0.15, 0.2) is 9.84 Å². The van der Waals surface area contributed by atoms with Gasteiger partial charge in [-0.3, -0.25) is 9.79 Å². The number of amides is 1. The molecule has 2 aliphatic heterocycles. The summed E-state index contributed by atoms with van der Waals surface area (Å²) in [6, 6.07) is -0.203. The quantitative estimate of drug-likeness (QED) is 0.800. The van der Waals surface area contributed by atoms with Crippen molar-refractivity contribution in [2.45, 2.75) is 12.5 Å². The predicted molar refractivity (Wildman–Crippen MR) is 72.4 cm³/mol. The smallest absolute Gasteiger partial charge is 0.230 e. The molecule has 1 atom stereocenters. The fraction of sp³-hybridized carbons (Fsp3) is 0.778. The molecule has 1 fully saturated rings. The maximum Gasteiger partial charge on any atom is 0.230 e. The molecule has 0 bridgehead atoms. The number of carbonyl (C=O) groups excluding carboxylic acids is 1. The molecule has 2 heterocycles. The summed E-state index contributed by atoms with van der Waals surface area (Å²) in [6.07, 6.45) is 0.536. The summed E-state index contributed by atoms with van der Waals surface area (Å²) in [7, 11) is -2.92. The normalized spacial score (nSPS) is 26.8. The number of nitrogens with one attached hydrogen (secondary N) is 1. The van der Waals surface area contributed by atoms with Gasteiger partial charge in [-0.1, -0.05) is 23.5 Å². The number of hydrogen-bond donors (Lipinski definition) is 1. The zero-order valence-electron chi connectivity index (χ0n) is 9.22. The molecule has 0 aromatic carbocycles. The van der Waals surface area contributed by atoms with Crippen LogP contribution in [0, 0.1) is 0 Å². The van der Waals surface area contributed by atoms with Gasteiger partial charge in [0.1, 0.15) is 4.38 Å². The van der Waals surface area contributed by atoms with Gasteiger partial charge in [-0.2, -0.15) is 0 Å². The molecular formula is C9H14N2O3S3. The van der Waals surface area contributed by atoms with E-state index in [4.69, 9.17) is 0 Å². The van der Waals surface area contributed by atoms with Crippen LogP contribution in [0.1, 0.15) is 6.42 Å². The van der Waals surface area contributed by atoms with Crippen molar-refractivity contribution in [2.75, 3.05) is 29.6 Å². The van der Waals surface area contributed by atoms with Crippen LogP contribution in [0.3, 0.4) is 0 Å². The standard InChI is InChI=1S/C9H14N2O3S3/c12-8(5-16-9-10-2-3-15-9)11-7-1-4-17(13,14)6-7/h7H,1-6H2,(H,11,12)/t7-/m0/s1. The Bertz CT molecular complexity index is 433. The number of nitrogens with zero attached hydrogens (tertiary/aromatic N) is 1. The summed E-state index contributed by atoms with van der Waals surface area (Å²) in [4.78, 5) is 15.8. The number of thioether (sulfide) groups is 2. The summed E-state index contributed by atoms with van der Waals surface area (Å²) >= 11 is 3.09. The van der Waals surface area contributed by atoms with Gasteiger partial charge in [-0.05, 0) is 6.42 Å². The Hall–Kier alpha value is -0.210. The fourth-order valence-corrected chi connectivity index (χ4v) is 5.20. The predicted octanol–water partition coefficient (Wildman–Crippen LogP) is 0.126. The summed E-state index contributed by atoms with van der Waals surface area (Å²) in [5.41, 5.74) is 0. The average molecular weight is 294 g/mol. The molecule has 5 nitrogen and oxygen atoms in total. The second kappa shape index (κ2) is 5.62. The van der Waals surface area contributed by atoms with Crippen LogP contribution < -0.4 is 5.32 Å². The van der Waals surface area contributed by atoms with Crippen molar-refractivity contribution in [3.05, 3.63) is 0 Å². The maximum atomic E-state index is 11.6. The number of rotatable bonds is 3. The zero-order valence-corrected chi connectivity index (χ0v) is 11.7. The Balaban J connectivity index is 1.71.